The molecule has 0 aliphatic carbocycles. The van der Waals surface area contributed by atoms with Crippen molar-refractivity contribution in [2.24, 2.45) is 11.8 Å². The largest absolute Gasteiger partial charge is 0.379 e. The van der Waals surface area contributed by atoms with E-state index in [2.05, 4.69) is 29.4 Å². The average Bonchev–Trinajstić information content (AvgIpc) is 2.72. The number of hydrogen-bond acceptors (Lipinski definition) is 5. The number of carbonyl (C=O) groups excluding carboxylic acids is 3. The molecule has 0 aromatic carbocycles. The van der Waals surface area contributed by atoms with Crippen molar-refractivity contribution < 1.29 is 19.1 Å². The molecule has 8 heteroatoms. The van der Waals surface area contributed by atoms with Crippen molar-refractivity contribution in [1.82, 2.24) is 20.4 Å². The van der Waals surface area contributed by atoms with Crippen molar-refractivity contribution in [2.45, 2.75) is 53.4 Å². The lowest BCUT2D eigenvalue weighted by Gasteiger charge is -2.34. The van der Waals surface area contributed by atoms with Crippen LogP contribution in [0.25, 0.3) is 0 Å². The van der Waals surface area contributed by atoms with E-state index in [1.165, 1.54) is 0 Å². The normalized spacial score (nSPS) is 14.9. The number of hydrogen-bond donors (Lipinski definition) is 2. The van der Waals surface area contributed by atoms with Crippen LogP contribution in [-0.2, 0) is 19.1 Å². The molecule has 0 unspecified atom stereocenters. The van der Waals surface area contributed by atoms with Gasteiger partial charge in [-0.25, -0.2) is 0 Å². The van der Waals surface area contributed by atoms with E-state index in [-0.39, 0.29) is 23.6 Å². The smallest absolute Gasteiger partial charge is 0.224 e. The Bertz CT molecular complexity index is 517. The highest BCUT2D eigenvalue weighted by Crippen LogP contribution is 2.05. The first-order chi connectivity index (χ1) is 14.3. The summed E-state index contributed by atoms with van der Waals surface area (Å²) in [6, 6.07) is 0. The third-order valence-corrected chi connectivity index (χ3v) is 5.18. The van der Waals surface area contributed by atoms with E-state index in [1.807, 2.05) is 18.7 Å². The van der Waals surface area contributed by atoms with Gasteiger partial charge in [0.25, 0.3) is 0 Å². The van der Waals surface area contributed by atoms with Crippen molar-refractivity contribution in [3.8, 4) is 0 Å². The SMILES string of the molecule is CC(C)CCC(=O)NCCCN1CCN(C(=O)CCOCCNC(=O)C(C)C)CC1. The van der Waals surface area contributed by atoms with Crippen LogP contribution in [0.4, 0.5) is 0 Å². The monoisotopic (exact) mass is 426 g/mol. The summed E-state index contributed by atoms with van der Waals surface area (Å²) in [5, 5.41) is 5.77. The molecule has 8 nitrogen and oxygen atoms in total. The lowest BCUT2D eigenvalue weighted by atomic mass is 10.1. The first-order valence-corrected chi connectivity index (χ1v) is 11.4. The van der Waals surface area contributed by atoms with E-state index < -0.39 is 0 Å². The molecule has 1 aliphatic heterocycles. The number of ether oxygens (including phenoxy) is 1. The standard InChI is InChI=1S/C22H42N4O4/c1-18(2)6-7-20(27)23-9-5-11-25-12-14-26(15-13-25)21(28)8-16-30-17-10-24-22(29)19(3)4/h18-19H,5-17H2,1-4H3,(H,23,27)(H,24,29). The molecule has 0 aromatic heterocycles. The van der Waals surface area contributed by atoms with Gasteiger partial charge in [-0.2, -0.15) is 0 Å². The summed E-state index contributed by atoms with van der Waals surface area (Å²) in [6.45, 7) is 14.1. The predicted molar refractivity (Wildman–Crippen MR) is 118 cm³/mol. The zero-order valence-electron chi connectivity index (χ0n) is 19.4. The summed E-state index contributed by atoms with van der Waals surface area (Å²) in [6.07, 6.45) is 2.85. The minimum Gasteiger partial charge on any atom is -0.379 e. The Morgan fingerprint density at radius 1 is 0.900 bits per heavy atom. The van der Waals surface area contributed by atoms with Gasteiger partial charge in [0.1, 0.15) is 0 Å². The van der Waals surface area contributed by atoms with E-state index >= 15 is 0 Å². The summed E-state index contributed by atoms with van der Waals surface area (Å²) in [5.74, 6) is 0.806. The maximum absolute atomic E-state index is 12.3. The number of carbonyl (C=O) groups is 3. The summed E-state index contributed by atoms with van der Waals surface area (Å²) < 4.78 is 5.45. The van der Waals surface area contributed by atoms with E-state index in [4.69, 9.17) is 4.74 Å². The van der Waals surface area contributed by atoms with Crippen LogP contribution in [0.3, 0.4) is 0 Å². The third kappa shape index (κ3) is 12.1. The van der Waals surface area contributed by atoms with Gasteiger partial charge < -0.3 is 20.3 Å². The van der Waals surface area contributed by atoms with E-state index in [0.717, 1.165) is 45.6 Å². The maximum Gasteiger partial charge on any atom is 0.224 e. The number of nitrogens with one attached hydrogen (secondary N) is 2. The molecular formula is C22H42N4O4. The van der Waals surface area contributed by atoms with Crippen LogP contribution in [0.5, 0.6) is 0 Å². The van der Waals surface area contributed by atoms with Crippen LogP contribution in [0.2, 0.25) is 0 Å². The van der Waals surface area contributed by atoms with E-state index in [9.17, 15) is 14.4 Å². The van der Waals surface area contributed by atoms with Crippen LogP contribution >= 0.6 is 0 Å². The number of rotatable bonds is 14. The van der Waals surface area contributed by atoms with Crippen molar-refractivity contribution in [3.63, 3.8) is 0 Å². The van der Waals surface area contributed by atoms with Gasteiger partial charge in [0.2, 0.25) is 17.7 Å². The number of piperazine rings is 1. The zero-order valence-corrected chi connectivity index (χ0v) is 19.4. The highest BCUT2D eigenvalue weighted by Gasteiger charge is 2.20. The fraction of sp³-hybridized carbons (Fsp3) is 0.864. The molecule has 0 spiro atoms. The van der Waals surface area contributed by atoms with Crippen molar-refractivity contribution in [3.05, 3.63) is 0 Å². The van der Waals surface area contributed by atoms with Gasteiger partial charge in [0.05, 0.1) is 19.6 Å². The van der Waals surface area contributed by atoms with Crippen LogP contribution < -0.4 is 10.6 Å². The Balaban J connectivity index is 2.03. The minimum absolute atomic E-state index is 0.0149. The Hall–Kier alpha value is -1.67. The Morgan fingerprint density at radius 2 is 1.60 bits per heavy atom. The molecule has 0 atom stereocenters. The lowest BCUT2D eigenvalue weighted by molar-refractivity contribution is -0.134. The van der Waals surface area contributed by atoms with Gasteiger partial charge in [0.15, 0.2) is 0 Å². The van der Waals surface area contributed by atoms with Crippen LogP contribution in [0.15, 0.2) is 0 Å². The summed E-state index contributed by atoms with van der Waals surface area (Å²) in [5.41, 5.74) is 0. The molecule has 1 fully saturated rings. The first-order valence-electron chi connectivity index (χ1n) is 11.4. The highest BCUT2D eigenvalue weighted by atomic mass is 16.5. The molecule has 2 N–H and O–H groups in total. The molecule has 174 valence electrons. The second-order valence-corrected chi connectivity index (χ2v) is 8.67. The van der Waals surface area contributed by atoms with Crippen molar-refractivity contribution in [2.75, 3.05) is 59.0 Å². The molecule has 0 radical (unpaired) electrons. The van der Waals surface area contributed by atoms with Crippen LogP contribution in [0.1, 0.15) is 53.4 Å². The van der Waals surface area contributed by atoms with Crippen molar-refractivity contribution in [1.29, 1.82) is 0 Å². The van der Waals surface area contributed by atoms with Gasteiger partial charge in [-0.15, -0.1) is 0 Å². The molecule has 30 heavy (non-hydrogen) atoms. The zero-order chi connectivity index (χ0) is 22.4. The van der Waals surface area contributed by atoms with Gasteiger partial charge in [-0.3, -0.25) is 19.3 Å². The summed E-state index contributed by atoms with van der Waals surface area (Å²) >= 11 is 0. The Morgan fingerprint density at radius 3 is 2.23 bits per heavy atom. The topological polar surface area (TPSA) is 91.0 Å². The molecule has 3 amide bonds. The van der Waals surface area contributed by atoms with Gasteiger partial charge in [-0.05, 0) is 25.3 Å². The average molecular weight is 427 g/mol. The van der Waals surface area contributed by atoms with Gasteiger partial charge in [0, 0.05) is 51.6 Å². The molecule has 1 heterocycles. The summed E-state index contributed by atoms with van der Waals surface area (Å²) in [7, 11) is 0. The van der Waals surface area contributed by atoms with Crippen molar-refractivity contribution >= 4 is 17.7 Å². The minimum atomic E-state index is -0.0290. The van der Waals surface area contributed by atoms with E-state index in [0.29, 0.717) is 45.1 Å². The first kappa shape index (κ1) is 26.4. The van der Waals surface area contributed by atoms with Gasteiger partial charge >= 0.3 is 0 Å². The second-order valence-electron chi connectivity index (χ2n) is 8.67. The Labute approximate surface area is 182 Å². The van der Waals surface area contributed by atoms with Crippen LogP contribution in [0, 0.1) is 11.8 Å². The molecule has 0 aromatic rings. The van der Waals surface area contributed by atoms with E-state index in [1.54, 1.807) is 0 Å². The molecule has 1 saturated heterocycles. The third-order valence-electron chi connectivity index (χ3n) is 5.18. The number of amides is 3. The highest BCUT2D eigenvalue weighted by molar-refractivity contribution is 5.77. The summed E-state index contributed by atoms with van der Waals surface area (Å²) in [4.78, 5) is 39.7. The van der Waals surface area contributed by atoms with Gasteiger partial charge in [-0.1, -0.05) is 27.7 Å². The molecule has 1 aliphatic rings. The lowest BCUT2D eigenvalue weighted by Crippen LogP contribution is -2.49. The maximum atomic E-state index is 12.3. The predicted octanol–water partition coefficient (Wildman–Crippen LogP) is 1.25. The second kappa shape index (κ2) is 15.2. The molecular weight excluding hydrogens is 384 g/mol. The fourth-order valence-corrected chi connectivity index (χ4v) is 3.13. The fourth-order valence-electron chi connectivity index (χ4n) is 3.13. The molecule has 0 bridgehead atoms. The quantitative estimate of drug-likeness (QED) is 0.408. The number of nitrogens with zero attached hydrogens (tertiary/aromatic N) is 2. The molecule has 1 rings (SSSR count). The Kier molecular flexibility index (Phi) is 13.3. The van der Waals surface area contributed by atoms with Crippen LogP contribution in [-0.4, -0.2) is 86.5 Å². The molecule has 0 saturated carbocycles.